The van der Waals surface area contributed by atoms with E-state index < -0.39 is 18.0 Å². The van der Waals surface area contributed by atoms with Gasteiger partial charge in [0, 0.05) is 11.1 Å². The number of pyridine rings is 1. The highest BCUT2D eigenvalue weighted by molar-refractivity contribution is 6.30. The first-order valence-electron chi connectivity index (χ1n) is 8.19. The maximum absolute atomic E-state index is 12.6. The molecule has 1 aromatic heterocycles. The highest BCUT2D eigenvalue weighted by atomic mass is 35.5. The lowest BCUT2D eigenvalue weighted by molar-refractivity contribution is -0.123. The molecule has 1 amide bonds. The number of benzene rings is 2. The van der Waals surface area contributed by atoms with Crippen LogP contribution in [0.15, 0.2) is 54.6 Å². The molecule has 7 heteroatoms. The number of rotatable bonds is 5. The number of amides is 1. The first kappa shape index (κ1) is 18.7. The van der Waals surface area contributed by atoms with E-state index in [9.17, 15) is 9.59 Å². The van der Waals surface area contributed by atoms with Gasteiger partial charge in [-0.25, -0.2) is 9.78 Å². The number of para-hydroxylation sites is 1. The fourth-order valence-corrected chi connectivity index (χ4v) is 2.71. The van der Waals surface area contributed by atoms with Crippen LogP contribution in [0.1, 0.15) is 17.3 Å². The maximum Gasteiger partial charge on any atom is 0.339 e. The summed E-state index contributed by atoms with van der Waals surface area (Å²) in [6, 6.07) is 15.3. The van der Waals surface area contributed by atoms with E-state index in [0.29, 0.717) is 22.3 Å². The molecule has 0 aliphatic heterocycles. The summed E-state index contributed by atoms with van der Waals surface area (Å²) in [5.41, 5.74) is 1.41. The van der Waals surface area contributed by atoms with Crippen molar-refractivity contribution in [3.05, 3.63) is 65.3 Å². The Hall–Kier alpha value is -3.12. The number of nitrogens with one attached hydrogen (secondary N) is 1. The highest BCUT2D eigenvalue weighted by Crippen LogP contribution is 2.22. The Morgan fingerprint density at radius 1 is 1.11 bits per heavy atom. The summed E-state index contributed by atoms with van der Waals surface area (Å²) in [7, 11) is 1.56. The van der Waals surface area contributed by atoms with Crippen LogP contribution in [0, 0.1) is 0 Å². The number of anilines is 1. The van der Waals surface area contributed by atoms with Crippen LogP contribution in [0.2, 0.25) is 5.15 Å². The Bertz CT molecular complexity index is 989. The molecule has 0 unspecified atom stereocenters. The second-order valence-corrected chi connectivity index (χ2v) is 6.16. The minimum atomic E-state index is -0.995. The predicted octanol–water partition coefficient (Wildman–Crippen LogP) is 4.08. The number of methoxy groups -OCH3 is 1. The molecule has 0 saturated heterocycles. The van der Waals surface area contributed by atoms with Gasteiger partial charge in [-0.05, 0) is 43.3 Å². The van der Waals surface area contributed by atoms with Gasteiger partial charge in [-0.3, -0.25) is 4.79 Å². The minimum absolute atomic E-state index is 0.177. The van der Waals surface area contributed by atoms with Crippen molar-refractivity contribution in [1.82, 2.24) is 4.98 Å². The van der Waals surface area contributed by atoms with Crippen LogP contribution in [0.4, 0.5) is 5.69 Å². The van der Waals surface area contributed by atoms with Crippen LogP contribution in [-0.4, -0.2) is 30.1 Å². The van der Waals surface area contributed by atoms with Gasteiger partial charge in [0.05, 0.1) is 18.2 Å². The summed E-state index contributed by atoms with van der Waals surface area (Å²) in [6.07, 6.45) is -0.995. The predicted molar refractivity (Wildman–Crippen MR) is 103 cm³/mol. The molecule has 0 spiro atoms. The smallest absolute Gasteiger partial charge is 0.339 e. The van der Waals surface area contributed by atoms with E-state index in [-0.39, 0.29) is 10.7 Å². The number of carbonyl (C=O) groups is 2. The molecule has 3 rings (SSSR count). The Morgan fingerprint density at radius 2 is 1.81 bits per heavy atom. The van der Waals surface area contributed by atoms with Gasteiger partial charge < -0.3 is 14.8 Å². The van der Waals surface area contributed by atoms with Crippen molar-refractivity contribution in [2.24, 2.45) is 0 Å². The van der Waals surface area contributed by atoms with Crippen LogP contribution in [0.5, 0.6) is 5.75 Å². The second-order valence-electron chi connectivity index (χ2n) is 5.77. The monoisotopic (exact) mass is 384 g/mol. The van der Waals surface area contributed by atoms with Crippen molar-refractivity contribution in [3.8, 4) is 5.75 Å². The Labute approximate surface area is 161 Å². The van der Waals surface area contributed by atoms with E-state index >= 15 is 0 Å². The molecule has 6 nitrogen and oxygen atoms in total. The van der Waals surface area contributed by atoms with Crippen molar-refractivity contribution in [3.63, 3.8) is 0 Å². The molecule has 27 heavy (non-hydrogen) atoms. The number of halogens is 1. The number of ether oxygens (including phenoxy) is 2. The third-order valence-corrected chi connectivity index (χ3v) is 4.11. The second kappa shape index (κ2) is 8.05. The summed E-state index contributed by atoms with van der Waals surface area (Å²) in [5.74, 6) is -0.417. The first-order valence-corrected chi connectivity index (χ1v) is 8.57. The largest absolute Gasteiger partial charge is 0.497 e. The van der Waals surface area contributed by atoms with Crippen LogP contribution >= 0.6 is 11.6 Å². The number of esters is 1. The number of carbonyl (C=O) groups excluding carboxylic acids is 2. The quantitative estimate of drug-likeness (QED) is 0.529. The Morgan fingerprint density at radius 3 is 2.52 bits per heavy atom. The summed E-state index contributed by atoms with van der Waals surface area (Å²) in [6.45, 7) is 1.50. The summed E-state index contributed by atoms with van der Waals surface area (Å²) >= 11 is 5.99. The molecule has 0 radical (unpaired) electrons. The van der Waals surface area contributed by atoms with Gasteiger partial charge in [-0.1, -0.05) is 29.8 Å². The zero-order chi connectivity index (χ0) is 19.4. The highest BCUT2D eigenvalue weighted by Gasteiger charge is 2.21. The van der Waals surface area contributed by atoms with Crippen molar-refractivity contribution < 1.29 is 19.1 Å². The minimum Gasteiger partial charge on any atom is -0.497 e. The fraction of sp³-hybridized carbons (Fsp3) is 0.150. The van der Waals surface area contributed by atoms with Gasteiger partial charge in [0.25, 0.3) is 5.91 Å². The molecular weight excluding hydrogens is 368 g/mol. The van der Waals surface area contributed by atoms with E-state index in [4.69, 9.17) is 21.1 Å². The SMILES string of the molecule is COc1ccc(NC(=O)[C@@H](C)OC(=O)c2cc(Cl)nc3ccccc23)cc1. The zero-order valence-electron chi connectivity index (χ0n) is 14.7. The normalized spacial score (nSPS) is 11.7. The lowest BCUT2D eigenvalue weighted by atomic mass is 10.1. The molecule has 1 N–H and O–H groups in total. The third kappa shape index (κ3) is 4.35. The maximum atomic E-state index is 12.6. The van der Waals surface area contributed by atoms with Gasteiger partial charge in [0.15, 0.2) is 6.10 Å². The summed E-state index contributed by atoms with van der Waals surface area (Å²) in [4.78, 5) is 29.0. The van der Waals surface area contributed by atoms with Gasteiger partial charge in [0.1, 0.15) is 10.9 Å². The number of nitrogens with zero attached hydrogens (tertiary/aromatic N) is 1. The molecule has 0 aliphatic rings. The molecule has 1 heterocycles. The molecule has 0 bridgehead atoms. The number of hydrogen-bond donors (Lipinski definition) is 1. The summed E-state index contributed by atoms with van der Waals surface area (Å²) < 4.78 is 10.4. The molecule has 2 aromatic carbocycles. The fourth-order valence-electron chi connectivity index (χ4n) is 2.51. The molecule has 0 fully saturated rings. The van der Waals surface area contributed by atoms with E-state index in [1.165, 1.54) is 13.0 Å². The molecule has 0 aliphatic carbocycles. The molecule has 3 aromatic rings. The average molecular weight is 385 g/mol. The third-order valence-electron chi connectivity index (χ3n) is 3.92. The molecular formula is C20H17ClN2O4. The van der Waals surface area contributed by atoms with E-state index in [2.05, 4.69) is 10.3 Å². The molecule has 0 saturated carbocycles. The van der Waals surface area contributed by atoms with Crippen molar-refractivity contribution >= 4 is 40.1 Å². The molecule has 1 atom stereocenters. The van der Waals surface area contributed by atoms with Crippen LogP contribution in [-0.2, 0) is 9.53 Å². The molecule has 138 valence electrons. The Kier molecular flexibility index (Phi) is 5.57. The zero-order valence-corrected chi connectivity index (χ0v) is 15.5. The first-order chi connectivity index (χ1) is 13.0. The van der Waals surface area contributed by atoms with E-state index in [1.54, 1.807) is 55.6 Å². The number of fused-ring (bicyclic) bond motifs is 1. The lowest BCUT2D eigenvalue weighted by Gasteiger charge is -2.14. The number of aromatic nitrogens is 1. The van der Waals surface area contributed by atoms with E-state index in [1.807, 2.05) is 0 Å². The van der Waals surface area contributed by atoms with Gasteiger partial charge in [-0.2, -0.15) is 0 Å². The summed E-state index contributed by atoms with van der Waals surface area (Å²) in [5, 5.41) is 3.47. The van der Waals surface area contributed by atoms with Gasteiger partial charge >= 0.3 is 5.97 Å². The van der Waals surface area contributed by atoms with Crippen LogP contribution in [0.25, 0.3) is 10.9 Å². The van der Waals surface area contributed by atoms with E-state index in [0.717, 1.165) is 0 Å². The van der Waals surface area contributed by atoms with Crippen molar-refractivity contribution in [2.75, 3.05) is 12.4 Å². The van der Waals surface area contributed by atoms with Crippen molar-refractivity contribution in [1.29, 1.82) is 0 Å². The van der Waals surface area contributed by atoms with Crippen LogP contribution < -0.4 is 10.1 Å². The van der Waals surface area contributed by atoms with Gasteiger partial charge in [-0.15, -0.1) is 0 Å². The lowest BCUT2D eigenvalue weighted by Crippen LogP contribution is -2.30. The average Bonchev–Trinajstić information content (AvgIpc) is 2.67. The standard InChI is InChI=1S/C20H17ClN2O4/c1-12(19(24)22-13-7-9-14(26-2)10-8-13)27-20(25)16-11-18(21)23-17-6-4-3-5-15(16)17/h3-12H,1-2H3,(H,22,24)/t12-/m1/s1. The number of hydrogen-bond acceptors (Lipinski definition) is 5. The van der Waals surface area contributed by atoms with Crippen molar-refractivity contribution in [2.45, 2.75) is 13.0 Å². The van der Waals surface area contributed by atoms with Gasteiger partial charge in [0.2, 0.25) is 0 Å². The van der Waals surface area contributed by atoms with Crippen LogP contribution in [0.3, 0.4) is 0 Å². The Balaban J connectivity index is 1.72. The topological polar surface area (TPSA) is 77.5 Å².